The highest BCUT2D eigenvalue weighted by Crippen LogP contribution is 2.38. The van der Waals surface area contributed by atoms with Crippen molar-refractivity contribution < 1.29 is 9.90 Å². The van der Waals surface area contributed by atoms with Crippen LogP contribution in [0, 0.1) is 6.92 Å². The van der Waals surface area contributed by atoms with Gasteiger partial charge in [-0.15, -0.1) is 11.8 Å². The van der Waals surface area contributed by atoms with Crippen LogP contribution in [0.15, 0.2) is 17.0 Å². The van der Waals surface area contributed by atoms with Gasteiger partial charge in [-0.2, -0.15) is 0 Å². The van der Waals surface area contributed by atoms with E-state index in [-0.39, 0.29) is 11.5 Å². The summed E-state index contributed by atoms with van der Waals surface area (Å²) in [6.07, 6.45) is 0.585. The summed E-state index contributed by atoms with van der Waals surface area (Å²) >= 11 is 1.56. The minimum Gasteiger partial charge on any atom is -0.507 e. The lowest BCUT2D eigenvalue weighted by atomic mass is 10.0. The summed E-state index contributed by atoms with van der Waals surface area (Å²) in [5, 5.41) is 9.53. The summed E-state index contributed by atoms with van der Waals surface area (Å²) in [4.78, 5) is 12.3. The third-order valence-corrected chi connectivity index (χ3v) is 3.31. The predicted molar refractivity (Wildman–Crippen MR) is 52.5 cm³/mol. The van der Waals surface area contributed by atoms with Gasteiger partial charge in [0.05, 0.1) is 4.90 Å². The number of fused-ring (bicyclic) bond motifs is 1. The Morgan fingerprint density at radius 1 is 1.46 bits per heavy atom. The number of hydrogen-bond acceptors (Lipinski definition) is 3. The second-order valence-corrected chi connectivity index (χ2v) is 4.23. The summed E-state index contributed by atoms with van der Waals surface area (Å²) in [6, 6.07) is 3.44. The number of phenolic OH excluding ortho intramolecular Hbond substituents is 1. The lowest BCUT2D eigenvalue weighted by Gasteiger charge is -2.17. The molecule has 0 bridgehead atoms. The Morgan fingerprint density at radius 2 is 2.23 bits per heavy atom. The molecule has 1 aliphatic heterocycles. The maximum Gasteiger partial charge on any atom is 0.165 e. The second-order valence-electron chi connectivity index (χ2n) is 3.13. The number of Topliss-reactive ketones (excluding diaryl/α,β-unsaturated/α-hetero) is 1. The Labute approximate surface area is 81.0 Å². The van der Waals surface area contributed by atoms with E-state index >= 15 is 0 Å². The van der Waals surface area contributed by atoms with Crippen LogP contribution in [0.3, 0.4) is 0 Å². The fourth-order valence-electron chi connectivity index (χ4n) is 1.53. The molecule has 0 radical (unpaired) electrons. The molecule has 1 heterocycles. The van der Waals surface area contributed by atoms with Crippen molar-refractivity contribution in [2.75, 3.05) is 5.75 Å². The van der Waals surface area contributed by atoms with Crippen molar-refractivity contribution in [2.24, 2.45) is 0 Å². The van der Waals surface area contributed by atoms with E-state index in [9.17, 15) is 9.90 Å². The first kappa shape index (κ1) is 8.63. The summed E-state index contributed by atoms with van der Waals surface area (Å²) in [7, 11) is 0. The van der Waals surface area contributed by atoms with E-state index in [1.807, 2.05) is 6.92 Å². The first-order chi connectivity index (χ1) is 6.20. The van der Waals surface area contributed by atoms with Gasteiger partial charge >= 0.3 is 0 Å². The van der Waals surface area contributed by atoms with Crippen molar-refractivity contribution in [2.45, 2.75) is 18.2 Å². The number of hydrogen-bond donors (Lipinski definition) is 1. The number of thioether (sulfide) groups is 1. The zero-order chi connectivity index (χ0) is 9.42. The van der Waals surface area contributed by atoms with E-state index < -0.39 is 0 Å². The fraction of sp³-hybridized carbons (Fsp3) is 0.300. The SMILES string of the molecule is Cc1ccc(O)c2c1C(=O)CCS2. The Bertz CT molecular complexity index is 371. The molecule has 1 aromatic rings. The smallest absolute Gasteiger partial charge is 0.165 e. The summed E-state index contributed by atoms with van der Waals surface area (Å²) < 4.78 is 0. The van der Waals surface area contributed by atoms with Crippen LogP contribution in [-0.2, 0) is 0 Å². The van der Waals surface area contributed by atoms with Gasteiger partial charge in [0.25, 0.3) is 0 Å². The summed E-state index contributed by atoms with van der Waals surface area (Å²) in [5.41, 5.74) is 1.68. The minimum atomic E-state index is 0.155. The first-order valence-electron chi connectivity index (χ1n) is 4.18. The highest BCUT2D eigenvalue weighted by atomic mass is 32.2. The second kappa shape index (κ2) is 3.07. The van der Waals surface area contributed by atoms with E-state index in [2.05, 4.69) is 0 Å². The van der Waals surface area contributed by atoms with Crippen molar-refractivity contribution in [1.82, 2.24) is 0 Å². The highest BCUT2D eigenvalue weighted by molar-refractivity contribution is 7.99. The molecule has 0 unspecified atom stereocenters. The van der Waals surface area contributed by atoms with Gasteiger partial charge in [0.15, 0.2) is 5.78 Å². The van der Waals surface area contributed by atoms with Gasteiger partial charge in [-0.05, 0) is 18.6 Å². The largest absolute Gasteiger partial charge is 0.507 e. The average Bonchev–Trinajstić information content (AvgIpc) is 2.12. The first-order valence-corrected chi connectivity index (χ1v) is 5.17. The maximum atomic E-state index is 11.5. The summed E-state index contributed by atoms with van der Waals surface area (Å²) in [6.45, 7) is 1.90. The van der Waals surface area contributed by atoms with Gasteiger partial charge in [-0.3, -0.25) is 4.79 Å². The van der Waals surface area contributed by atoms with Crippen LogP contribution in [0.5, 0.6) is 5.75 Å². The topological polar surface area (TPSA) is 37.3 Å². The Kier molecular flexibility index (Phi) is 2.04. The third-order valence-electron chi connectivity index (χ3n) is 2.20. The third kappa shape index (κ3) is 1.33. The number of rotatable bonds is 0. The highest BCUT2D eigenvalue weighted by Gasteiger charge is 2.22. The lowest BCUT2D eigenvalue weighted by Crippen LogP contribution is -2.10. The van der Waals surface area contributed by atoms with Crippen LogP contribution in [0.2, 0.25) is 0 Å². The van der Waals surface area contributed by atoms with Crippen LogP contribution >= 0.6 is 11.8 Å². The van der Waals surface area contributed by atoms with Crippen LogP contribution in [-0.4, -0.2) is 16.6 Å². The van der Waals surface area contributed by atoms with Gasteiger partial charge in [0, 0.05) is 17.7 Å². The lowest BCUT2D eigenvalue weighted by molar-refractivity contribution is 0.0983. The van der Waals surface area contributed by atoms with Gasteiger partial charge in [0.2, 0.25) is 0 Å². The molecule has 0 spiro atoms. The Balaban J connectivity index is 2.67. The van der Waals surface area contributed by atoms with E-state index in [1.54, 1.807) is 23.9 Å². The number of carbonyl (C=O) groups excluding carboxylic acids is 1. The monoisotopic (exact) mass is 194 g/mol. The van der Waals surface area contributed by atoms with E-state index in [4.69, 9.17) is 0 Å². The van der Waals surface area contributed by atoms with Crippen molar-refractivity contribution in [3.63, 3.8) is 0 Å². The van der Waals surface area contributed by atoms with Crippen LogP contribution in [0.1, 0.15) is 22.3 Å². The van der Waals surface area contributed by atoms with Crippen LogP contribution in [0.4, 0.5) is 0 Å². The molecule has 0 saturated heterocycles. The van der Waals surface area contributed by atoms with Gasteiger partial charge in [-0.25, -0.2) is 0 Å². The quantitative estimate of drug-likeness (QED) is 0.689. The van der Waals surface area contributed by atoms with Crippen molar-refractivity contribution in [1.29, 1.82) is 0 Å². The molecule has 13 heavy (non-hydrogen) atoms. The molecule has 1 aliphatic rings. The average molecular weight is 194 g/mol. The van der Waals surface area contributed by atoms with Crippen LogP contribution < -0.4 is 0 Å². The molecule has 1 N–H and O–H groups in total. The molecule has 2 rings (SSSR count). The minimum absolute atomic E-state index is 0.155. The van der Waals surface area contributed by atoms with Crippen molar-refractivity contribution >= 4 is 17.5 Å². The number of ketones is 1. The van der Waals surface area contributed by atoms with Gasteiger partial charge < -0.3 is 5.11 Å². The standard InChI is InChI=1S/C10H10O2S/c1-6-2-3-8(12)10-9(6)7(11)4-5-13-10/h2-3,12H,4-5H2,1H3. The van der Waals surface area contributed by atoms with Gasteiger partial charge in [0.1, 0.15) is 5.75 Å². The molecular weight excluding hydrogens is 184 g/mol. The molecule has 2 nitrogen and oxygen atoms in total. The molecule has 0 aliphatic carbocycles. The normalized spacial score (nSPS) is 15.6. The zero-order valence-electron chi connectivity index (χ0n) is 7.33. The van der Waals surface area contributed by atoms with E-state index in [0.717, 1.165) is 21.8 Å². The molecule has 0 fully saturated rings. The molecule has 0 aromatic heterocycles. The maximum absolute atomic E-state index is 11.5. The Hall–Kier alpha value is -0.960. The molecule has 0 amide bonds. The number of phenols is 1. The molecule has 0 atom stereocenters. The molecule has 68 valence electrons. The molecule has 0 saturated carbocycles. The van der Waals surface area contributed by atoms with Crippen molar-refractivity contribution in [3.8, 4) is 5.75 Å². The fourth-order valence-corrected chi connectivity index (χ4v) is 2.66. The molecular formula is C10H10O2S. The molecule has 3 heteroatoms. The van der Waals surface area contributed by atoms with Crippen molar-refractivity contribution in [3.05, 3.63) is 23.3 Å². The van der Waals surface area contributed by atoms with E-state index in [0.29, 0.717) is 6.42 Å². The van der Waals surface area contributed by atoms with Crippen LogP contribution in [0.25, 0.3) is 0 Å². The Morgan fingerprint density at radius 3 is 2.92 bits per heavy atom. The van der Waals surface area contributed by atoms with E-state index in [1.165, 1.54) is 0 Å². The number of carbonyl (C=O) groups is 1. The summed E-state index contributed by atoms with van der Waals surface area (Å²) in [5.74, 6) is 1.17. The number of aromatic hydroxyl groups is 1. The number of benzene rings is 1. The number of aryl methyl sites for hydroxylation is 1. The predicted octanol–water partition coefficient (Wildman–Crippen LogP) is 2.38. The van der Waals surface area contributed by atoms with Gasteiger partial charge in [-0.1, -0.05) is 6.07 Å². The molecule has 1 aromatic carbocycles. The zero-order valence-corrected chi connectivity index (χ0v) is 8.15.